The summed E-state index contributed by atoms with van der Waals surface area (Å²) in [5, 5.41) is 0. The van der Waals surface area contributed by atoms with Gasteiger partial charge in [-0.05, 0) is 25.8 Å². The second kappa shape index (κ2) is 5.32. The summed E-state index contributed by atoms with van der Waals surface area (Å²) < 4.78 is 11.3. The molecule has 1 aromatic carbocycles. The standard InChI is InChI=1S/C13H19NO2/c1-10-4-5-13(11(7-10)8-14)16-9-12-3-2-6-15-12/h4-5,7,12H,2-3,6,8-9,14H2,1H3. The van der Waals surface area contributed by atoms with E-state index in [1.54, 1.807) is 0 Å². The number of aryl methyl sites for hydroxylation is 1. The van der Waals surface area contributed by atoms with Crippen LogP contribution in [-0.2, 0) is 11.3 Å². The van der Waals surface area contributed by atoms with Gasteiger partial charge in [0.1, 0.15) is 12.4 Å². The van der Waals surface area contributed by atoms with Gasteiger partial charge in [-0.3, -0.25) is 0 Å². The van der Waals surface area contributed by atoms with Crippen LogP contribution in [0.5, 0.6) is 5.75 Å². The van der Waals surface area contributed by atoms with Crippen LogP contribution in [0, 0.1) is 6.92 Å². The zero-order valence-electron chi connectivity index (χ0n) is 9.74. The zero-order valence-corrected chi connectivity index (χ0v) is 9.74. The van der Waals surface area contributed by atoms with E-state index < -0.39 is 0 Å². The van der Waals surface area contributed by atoms with E-state index in [4.69, 9.17) is 15.2 Å². The molecule has 0 bridgehead atoms. The molecule has 88 valence electrons. The highest BCUT2D eigenvalue weighted by Crippen LogP contribution is 2.21. The SMILES string of the molecule is Cc1ccc(OCC2CCCO2)c(CN)c1. The maximum absolute atomic E-state index is 5.76. The van der Waals surface area contributed by atoms with Crippen LogP contribution in [0.4, 0.5) is 0 Å². The van der Waals surface area contributed by atoms with Crippen LogP contribution >= 0.6 is 0 Å². The molecule has 0 amide bonds. The molecular formula is C13H19NO2. The van der Waals surface area contributed by atoms with Gasteiger partial charge in [-0.15, -0.1) is 0 Å². The van der Waals surface area contributed by atoms with Crippen molar-refractivity contribution >= 4 is 0 Å². The molecule has 0 saturated carbocycles. The number of hydrogen-bond donors (Lipinski definition) is 1. The van der Waals surface area contributed by atoms with Gasteiger partial charge in [0.2, 0.25) is 0 Å². The molecule has 3 heteroatoms. The van der Waals surface area contributed by atoms with E-state index in [9.17, 15) is 0 Å². The summed E-state index contributed by atoms with van der Waals surface area (Å²) in [5.74, 6) is 0.892. The van der Waals surface area contributed by atoms with Crippen molar-refractivity contribution < 1.29 is 9.47 Å². The topological polar surface area (TPSA) is 44.5 Å². The minimum Gasteiger partial charge on any atom is -0.491 e. The molecule has 16 heavy (non-hydrogen) atoms. The molecule has 1 aliphatic rings. The Morgan fingerprint density at radius 3 is 3.06 bits per heavy atom. The molecule has 0 radical (unpaired) electrons. The van der Waals surface area contributed by atoms with Gasteiger partial charge in [0.15, 0.2) is 0 Å². The number of hydrogen-bond acceptors (Lipinski definition) is 3. The lowest BCUT2D eigenvalue weighted by Gasteiger charge is -2.14. The molecule has 0 aromatic heterocycles. The van der Waals surface area contributed by atoms with Crippen molar-refractivity contribution in [3.63, 3.8) is 0 Å². The second-order valence-electron chi connectivity index (χ2n) is 4.26. The van der Waals surface area contributed by atoms with Gasteiger partial charge in [-0.1, -0.05) is 17.7 Å². The molecule has 1 aromatic rings. The third kappa shape index (κ3) is 2.74. The van der Waals surface area contributed by atoms with E-state index in [1.807, 2.05) is 12.1 Å². The summed E-state index contributed by atoms with van der Waals surface area (Å²) in [6.07, 6.45) is 2.50. The molecule has 1 aliphatic heterocycles. The maximum atomic E-state index is 5.76. The third-order valence-electron chi connectivity index (χ3n) is 2.88. The van der Waals surface area contributed by atoms with Gasteiger partial charge in [0.25, 0.3) is 0 Å². The van der Waals surface area contributed by atoms with Crippen LogP contribution in [-0.4, -0.2) is 19.3 Å². The van der Waals surface area contributed by atoms with Crippen LogP contribution in [0.3, 0.4) is 0 Å². The van der Waals surface area contributed by atoms with Gasteiger partial charge in [-0.25, -0.2) is 0 Å². The molecule has 2 N–H and O–H groups in total. The Bertz CT molecular complexity index is 346. The summed E-state index contributed by atoms with van der Waals surface area (Å²) >= 11 is 0. The lowest BCUT2D eigenvalue weighted by molar-refractivity contribution is 0.0676. The fourth-order valence-electron chi connectivity index (χ4n) is 1.97. The molecule has 3 nitrogen and oxygen atoms in total. The average Bonchev–Trinajstić information content (AvgIpc) is 2.80. The predicted octanol–water partition coefficient (Wildman–Crippen LogP) is 2.01. The minimum atomic E-state index is 0.256. The first-order valence-electron chi connectivity index (χ1n) is 5.83. The Morgan fingerprint density at radius 2 is 2.38 bits per heavy atom. The second-order valence-corrected chi connectivity index (χ2v) is 4.26. The molecule has 1 saturated heterocycles. The molecule has 1 unspecified atom stereocenters. The lowest BCUT2D eigenvalue weighted by Crippen LogP contribution is -2.17. The van der Waals surface area contributed by atoms with Crippen LogP contribution in [0.25, 0.3) is 0 Å². The third-order valence-corrected chi connectivity index (χ3v) is 2.88. The molecular weight excluding hydrogens is 202 g/mol. The number of benzene rings is 1. The van der Waals surface area contributed by atoms with E-state index in [2.05, 4.69) is 13.0 Å². The van der Waals surface area contributed by atoms with Crippen molar-refractivity contribution in [2.24, 2.45) is 5.73 Å². The molecule has 0 spiro atoms. The number of nitrogens with two attached hydrogens (primary N) is 1. The van der Waals surface area contributed by atoms with E-state index in [-0.39, 0.29) is 6.10 Å². The van der Waals surface area contributed by atoms with Crippen molar-refractivity contribution in [1.82, 2.24) is 0 Å². The maximum Gasteiger partial charge on any atom is 0.123 e. The summed E-state index contributed by atoms with van der Waals surface area (Å²) in [7, 11) is 0. The number of ether oxygens (including phenoxy) is 2. The molecule has 1 atom stereocenters. The Kier molecular flexibility index (Phi) is 3.80. The Labute approximate surface area is 96.5 Å². The molecule has 1 heterocycles. The summed E-state index contributed by atoms with van der Waals surface area (Å²) in [6.45, 7) is 4.08. The van der Waals surface area contributed by atoms with Gasteiger partial charge in [0, 0.05) is 18.7 Å². The van der Waals surface area contributed by atoms with Gasteiger partial charge in [0.05, 0.1) is 6.10 Å². The largest absolute Gasteiger partial charge is 0.491 e. The summed E-state index contributed by atoms with van der Waals surface area (Å²) in [5.41, 5.74) is 7.97. The average molecular weight is 221 g/mol. The monoisotopic (exact) mass is 221 g/mol. The van der Waals surface area contributed by atoms with E-state index in [0.29, 0.717) is 13.2 Å². The van der Waals surface area contributed by atoms with Gasteiger partial charge >= 0.3 is 0 Å². The highest BCUT2D eigenvalue weighted by atomic mass is 16.5. The van der Waals surface area contributed by atoms with Crippen molar-refractivity contribution in [2.45, 2.75) is 32.4 Å². The molecule has 0 aliphatic carbocycles. The first-order chi connectivity index (χ1) is 7.79. The predicted molar refractivity (Wildman–Crippen MR) is 63.5 cm³/mol. The Balaban J connectivity index is 1.97. The van der Waals surface area contributed by atoms with Crippen molar-refractivity contribution in [2.75, 3.05) is 13.2 Å². The first-order valence-corrected chi connectivity index (χ1v) is 5.83. The van der Waals surface area contributed by atoms with E-state index in [1.165, 1.54) is 5.56 Å². The van der Waals surface area contributed by atoms with Crippen molar-refractivity contribution in [3.05, 3.63) is 29.3 Å². The highest BCUT2D eigenvalue weighted by molar-refractivity contribution is 5.36. The Hall–Kier alpha value is -1.06. The van der Waals surface area contributed by atoms with Gasteiger partial charge < -0.3 is 15.2 Å². The van der Waals surface area contributed by atoms with Crippen molar-refractivity contribution in [1.29, 1.82) is 0 Å². The summed E-state index contributed by atoms with van der Waals surface area (Å²) in [6, 6.07) is 6.11. The van der Waals surface area contributed by atoms with E-state index in [0.717, 1.165) is 30.8 Å². The van der Waals surface area contributed by atoms with Crippen LogP contribution in [0.1, 0.15) is 24.0 Å². The Morgan fingerprint density at radius 1 is 1.50 bits per heavy atom. The van der Waals surface area contributed by atoms with Crippen molar-refractivity contribution in [3.8, 4) is 5.75 Å². The molecule has 2 rings (SSSR count). The quantitative estimate of drug-likeness (QED) is 0.846. The van der Waals surface area contributed by atoms with Crippen LogP contribution < -0.4 is 10.5 Å². The lowest BCUT2D eigenvalue weighted by atomic mass is 10.1. The van der Waals surface area contributed by atoms with Crippen LogP contribution in [0.2, 0.25) is 0 Å². The number of rotatable bonds is 4. The van der Waals surface area contributed by atoms with E-state index >= 15 is 0 Å². The fourth-order valence-corrected chi connectivity index (χ4v) is 1.97. The first kappa shape index (κ1) is 11.4. The summed E-state index contributed by atoms with van der Waals surface area (Å²) in [4.78, 5) is 0. The molecule has 1 fully saturated rings. The van der Waals surface area contributed by atoms with Gasteiger partial charge in [-0.2, -0.15) is 0 Å². The zero-order chi connectivity index (χ0) is 11.4. The normalized spacial score (nSPS) is 20.0. The van der Waals surface area contributed by atoms with Crippen LogP contribution in [0.15, 0.2) is 18.2 Å². The smallest absolute Gasteiger partial charge is 0.123 e. The fraction of sp³-hybridized carbons (Fsp3) is 0.538. The minimum absolute atomic E-state index is 0.256. The highest BCUT2D eigenvalue weighted by Gasteiger charge is 2.16.